The first-order valence-electron chi connectivity index (χ1n) is 1.87. The average Bonchev–Trinajstić information content (AvgIpc) is 1.82. The quantitative estimate of drug-likeness (QED) is 0.477. The van der Waals surface area contributed by atoms with Gasteiger partial charge in [0.05, 0.1) is 0 Å². The van der Waals surface area contributed by atoms with E-state index in [2.05, 4.69) is 4.36 Å². The largest absolute Gasteiger partial charge is 0.279 e. The molecule has 0 bridgehead atoms. The number of nitrogens with zero attached hydrogens (tertiary/aromatic N) is 1. The van der Waals surface area contributed by atoms with Gasteiger partial charge in [0.1, 0.15) is 9.92 Å². The molecule has 1 atom stereocenters. The summed E-state index contributed by atoms with van der Waals surface area (Å²) in [5.74, 6) is -0.516. The lowest BCUT2D eigenvalue weighted by Crippen LogP contribution is -2.04. The van der Waals surface area contributed by atoms with E-state index < -0.39 is 15.8 Å². The molecule has 5 heteroatoms. The van der Waals surface area contributed by atoms with E-state index >= 15 is 0 Å². The van der Waals surface area contributed by atoms with Crippen molar-refractivity contribution in [2.75, 3.05) is 0 Å². The molecule has 8 heavy (non-hydrogen) atoms. The van der Waals surface area contributed by atoms with E-state index in [1.807, 2.05) is 0 Å². The van der Waals surface area contributed by atoms with Crippen molar-refractivity contribution in [3.8, 4) is 0 Å². The Morgan fingerprint density at radius 1 is 1.75 bits per heavy atom. The van der Waals surface area contributed by atoms with Crippen LogP contribution >= 0.6 is 0 Å². The molecule has 1 amide bonds. The molecule has 1 unspecified atom stereocenters. The molecule has 0 aliphatic carbocycles. The zero-order chi connectivity index (χ0) is 6.20. The normalized spacial score (nSPS) is 35.4. The Labute approximate surface area is 46.7 Å². The number of rotatable bonds is 0. The van der Waals surface area contributed by atoms with Crippen molar-refractivity contribution in [1.29, 1.82) is 0 Å². The Bertz CT molecular complexity index is 258. The van der Waals surface area contributed by atoms with Crippen molar-refractivity contribution in [3.63, 3.8) is 0 Å². The molecule has 1 aliphatic heterocycles. The van der Waals surface area contributed by atoms with Crippen LogP contribution in [0.4, 0.5) is 0 Å². The van der Waals surface area contributed by atoms with Crippen LogP contribution in [-0.2, 0) is 14.7 Å². The highest BCUT2D eigenvalue weighted by Gasteiger charge is 2.06. The molecular weight excluding hydrogens is 128 g/mol. The maximum Gasteiger partial charge on any atom is 0.279 e. The molecule has 0 fully saturated rings. The molecule has 0 radical (unpaired) electrons. The van der Waals surface area contributed by atoms with E-state index in [1.165, 1.54) is 0 Å². The van der Waals surface area contributed by atoms with Crippen LogP contribution in [0.25, 0.3) is 0 Å². The van der Waals surface area contributed by atoms with E-state index in [0.717, 1.165) is 11.5 Å². The minimum atomic E-state index is -2.75. The van der Waals surface area contributed by atoms with E-state index in [9.17, 15) is 9.00 Å². The van der Waals surface area contributed by atoms with Gasteiger partial charge in [-0.25, -0.2) is 9.35 Å². The number of carbonyl (C=O) groups is 1. The van der Waals surface area contributed by atoms with Gasteiger partial charge in [0.15, 0.2) is 0 Å². The van der Waals surface area contributed by atoms with Crippen molar-refractivity contribution < 1.29 is 9.00 Å². The van der Waals surface area contributed by atoms with Crippen LogP contribution in [0, 0.1) is 0 Å². The molecule has 0 aromatic heterocycles. The molecule has 4 nitrogen and oxygen atoms in total. The van der Waals surface area contributed by atoms with Crippen LogP contribution in [0.2, 0.25) is 0 Å². The summed E-state index contributed by atoms with van der Waals surface area (Å²) in [6.45, 7) is 0. The number of carbonyl (C=O) groups excluding carboxylic acids is 1. The zero-order valence-corrected chi connectivity index (χ0v) is 4.72. The Kier molecular flexibility index (Phi) is 0.952. The van der Waals surface area contributed by atoms with E-state index in [-0.39, 0.29) is 0 Å². The Balaban J connectivity index is 3.26. The highest BCUT2D eigenvalue weighted by molar-refractivity contribution is 7.94. The predicted molar refractivity (Wildman–Crippen MR) is 28.9 cm³/mol. The monoisotopic (exact) mass is 132 g/mol. The van der Waals surface area contributed by atoms with Crippen LogP contribution < -0.4 is 5.14 Å². The van der Waals surface area contributed by atoms with Gasteiger partial charge in [-0.05, 0) is 0 Å². The lowest BCUT2D eigenvalue weighted by Gasteiger charge is -1.81. The number of hydrogen-bond acceptors (Lipinski definition) is 2. The molecule has 0 aromatic rings. The van der Waals surface area contributed by atoms with Gasteiger partial charge in [-0.1, -0.05) is 0 Å². The second-order valence-corrected chi connectivity index (χ2v) is 3.03. The van der Waals surface area contributed by atoms with Crippen LogP contribution in [0.3, 0.4) is 0 Å². The zero-order valence-electron chi connectivity index (χ0n) is 3.90. The van der Waals surface area contributed by atoms with Crippen LogP contribution in [0.5, 0.6) is 0 Å². The summed E-state index contributed by atoms with van der Waals surface area (Å²) in [5, 5.41) is 6.03. The molecule has 0 saturated carbocycles. The Hall–Kier alpha value is -0.680. The second-order valence-electron chi connectivity index (χ2n) is 1.35. The second kappa shape index (κ2) is 1.40. The van der Waals surface area contributed by atoms with Gasteiger partial charge in [-0.2, -0.15) is 0 Å². The highest BCUT2D eigenvalue weighted by atomic mass is 32.2. The van der Waals surface area contributed by atoms with Crippen LogP contribution in [0.1, 0.15) is 0 Å². The molecule has 1 rings (SSSR count). The summed E-state index contributed by atoms with van der Waals surface area (Å²) in [6.07, 6.45) is 1.10. The number of nitrogens with two attached hydrogens (primary N) is 1. The van der Waals surface area contributed by atoms with Gasteiger partial charge in [-0.3, -0.25) is 4.79 Å². The minimum absolute atomic E-state index is 0.516. The van der Waals surface area contributed by atoms with Gasteiger partial charge in [0.2, 0.25) is 0 Å². The Morgan fingerprint density at radius 3 is 2.50 bits per heavy atom. The predicted octanol–water partition coefficient (Wildman–Crippen LogP) is -0.618. The van der Waals surface area contributed by atoms with Crippen molar-refractivity contribution >= 4 is 15.8 Å². The smallest absolute Gasteiger partial charge is 0.267 e. The molecule has 1 aliphatic rings. The first kappa shape index (κ1) is 5.46. The van der Waals surface area contributed by atoms with Crippen molar-refractivity contribution in [2.45, 2.75) is 0 Å². The lowest BCUT2D eigenvalue weighted by atomic mass is 10.6. The minimum Gasteiger partial charge on any atom is -0.267 e. The maximum atomic E-state index is 10.5. The molecule has 2 N–H and O–H groups in total. The summed E-state index contributed by atoms with van der Waals surface area (Å²) in [7, 11) is -2.75. The van der Waals surface area contributed by atoms with Gasteiger partial charge in [-0.15, -0.1) is 4.36 Å². The molecule has 0 saturated heterocycles. The van der Waals surface area contributed by atoms with E-state index in [1.54, 1.807) is 0 Å². The van der Waals surface area contributed by atoms with E-state index in [0.29, 0.717) is 0 Å². The summed E-state index contributed by atoms with van der Waals surface area (Å²) >= 11 is 0. The fourth-order valence-electron chi connectivity index (χ4n) is 0.357. The fourth-order valence-corrected chi connectivity index (χ4v) is 1.07. The highest BCUT2D eigenvalue weighted by Crippen LogP contribution is 1.98. The summed E-state index contributed by atoms with van der Waals surface area (Å²) < 4.78 is 13.6. The summed E-state index contributed by atoms with van der Waals surface area (Å²) in [4.78, 5) is 10.1. The van der Waals surface area contributed by atoms with E-state index in [4.69, 9.17) is 5.14 Å². The third-order valence-corrected chi connectivity index (χ3v) is 1.63. The summed E-state index contributed by atoms with van der Waals surface area (Å²) in [5.41, 5.74) is 0. The van der Waals surface area contributed by atoms with Gasteiger partial charge >= 0.3 is 0 Å². The first-order chi connectivity index (χ1) is 3.60. The molecule has 0 aromatic carbocycles. The lowest BCUT2D eigenvalue weighted by molar-refractivity contribution is -0.113. The first-order valence-corrected chi connectivity index (χ1v) is 3.51. The fraction of sp³-hybridized carbons (Fsp3) is 0. The molecule has 1 heterocycles. The number of hydrogen-bond donors (Lipinski definition) is 1. The van der Waals surface area contributed by atoms with Gasteiger partial charge in [0.25, 0.3) is 5.91 Å². The average molecular weight is 132 g/mol. The molecule has 0 spiro atoms. The topological polar surface area (TPSA) is 72.5 Å². The van der Waals surface area contributed by atoms with Crippen molar-refractivity contribution in [3.05, 3.63) is 11.5 Å². The van der Waals surface area contributed by atoms with Crippen LogP contribution in [-0.4, -0.2) is 10.1 Å². The Morgan fingerprint density at radius 2 is 2.38 bits per heavy atom. The van der Waals surface area contributed by atoms with Crippen molar-refractivity contribution in [2.24, 2.45) is 9.50 Å². The summed E-state index contributed by atoms with van der Waals surface area (Å²) in [6, 6.07) is 0. The van der Waals surface area contributed by atoms with Crippen molar-refractivity contribution in [1.82, 2.24) is 0 Å². The maximum absolute atomic E-state index is 10.5. The van der Waals surface area contributed by atoms with Gasteiger partial charge < -0.3 is 0 Å². The van der Waals surface area contributed by atoms with Gasteiger partial charge in [0, 0.05) is 11.5 Å². The third-order valence-electron chi connectivity index (χ3n) is 0.638. The third kappa shape index (κ3) is 0.932. The molecular formula is C3H4N2O2S. The number of amides is 1. The standard InChI is InChI=1S/C3H4N2O2S/c4-8(7)2-1-3(6)5-8/h1-2H,(H2,4,5,6,7). The molecule has 44 valence electrons. The SMILES string of the molecule is NS1(=O)=NC(=O)C=C1. The van der Waals surface area contributed by atoms with Crippen LogP contribution in [0.15, 0.2) is 15.8 Å².